The molecule has 0 saturated carbocycles. The number of alkyl carbamates (subject to hydrolysis) is 1. The molecular formula is C23H19F9N2O4. The average molecular weight is 558 g/mol. The number of hydrogen-bond donors (Lipinski definition) is 2. The number of anilines is 1. The zero-order chi connectivity index (χ0) is 28.6. The molecule has 2 aromatic carbocycles. The molecule has 3 rings (SSSR count). The van der Waals surface area contributed by atoms with Gasteiger partial charge in [-0.1, -0.05) is 0 Å². The van der Waals surface area contributed by atoms with Crippen LogP contribution in [0.3, 0.4) is 0 Å². The number of fused-ring (bicyclic) bond motifs is 1. The van der Waals surface area contributed by atoms with Crippen LogP contribution in [0.5, 0.6) is 0 Å². The summed E-state index contributed by atoms with van der Waals surface area (Å²) in [6.45, 7) is 0.810. The van der Waals surface area contributed by atoms with E-state index in [0.717, 1.165) is 11.0 Å². The van der Waals surface area contributed by atoms with E-state index >= 15 is 0 Å². The number of benzene rings is 2. The number of halogens is 9. The Kier molecular flexibility index (Phi) is 7.80. The largest absolute Gasteiger partial charge is 0.465 e. The van der Waals surface area contributed by atoms with Crippen molar-refractivity contribution in [2.24, 2.45) is 0 Å². The lowest BCUT2D eigenvalue weighted by molar-refractivity contribution is -0.143. The maximum Gasteiger partial charge on any atom is 0.416 e. The van der Waals surface area contributed by atoms with E-state index in [0.29, 0.717) is 24.3 Å². The highest BCUT2D eigenvalue weighted by atomic mass is 19.4. The number of carbonyl (C=O) groups excluding carboxylic acids is 1. The van der Waals surface area contributed by atoms with Crippen molar-refractivity contribution >= 4 is 17.9 Å². The van der Waals surface area contributed by atoms with Crippen LogP contribution in [0.25, 0.3) is 0 Å². The summed E-state index contributed by atoms with van der Waals surface area (Å²) < 4.78 is 123. The van der Waals surface area contributed by atoms with Gasteiger partial charge >= 0.3 is 30.7 Å². The number of nitrogens with zero attached hydrogens (tertiary/aromatic N) is 1. The van der Waals surface area contributed by atoms with Crippen molar-refractivity contribution in [2.75, 3.05) is 11.5 Å². The number of rotatable bonds is 4. The van der Waals surface area contributed by atoms with Crippen molar-refractivity contribution in [2.45, 2.75) is 50.4 Å². The minimum absolute atomic E-state index is 0.0473. The summed E-state index contributed by atoms with van der Waals surface area (Å²) in [4.78, 5) is 24.8. The van der Waals surface area contributed by atoms with Crippen LogP contribution in [0, 0.1) is 0 Å². The van der Waals surface area contributed by atoms with Crippen LogP contribution < -0.4 is 10.2 Å². The molecule has 2 atom stereocenters. The third kappa shape index (κ3) is 6.61. The van der Waals surface area contributed by atoms with E-state index in [2.05, 4.69) is 5.32 Å². The van der Waals surface area contributed by atoms with E-state index in [1.165, 1.54) is 6.92 Å². The molecule has 1 heterocycles. The molecule has 0 aromatic heterocycles. The Morgan fingerprint density at radius 2 is 1.47 bits per heavy atom. The molecule has 0 radical (unpaired) electrons. The average Bonchev–Trinajstić information content (AvgIpc) is 2.76. The molecule has 0 unspecified atom stereocenters. The monoisotopic (exact) mass is 558 g/mol. The van der Waals surface area contributed by atoms with E-state index in [1.807, 2.05) is 0 Å². The second-order valence-electron chi connectivity index (χ2n) is 8.51. The third-order valence-corrected chi connectivity index (χ3v) is 5.78. The van der Waals surface area contributed by atoms with Crippen molar-refractivity contribution in [1.82, 2.24) is 5.32 Å². The molecular weight excluding hydrogens is 539 g/mol. The van der Waals surface area contributed by atoms with Crippen LogP contribution >= 0.6 is 0 Å². The number of hydrogen-bond acceptors (Lipinski definition) is 3. The Bertz CT molecular complexity index is 1180. The smallest absolute Gasteiger partial charge is 0.416 e. The van der Waals surface area contributed by atoms with Crippen LogP contribution in [-0.4, -0.2) is 29.9 Å². The maximum absolute atomic E-state index is 13.2. The molecule has 2 amide bonds. The minimum atomic E-state index is -5.06. The first kappa shape index (κ1) is 28.9. The lowest BCUT2D eigenvalue weighted by Gasteiger charge is -2.38. The van der Waals surface area contributed by atoms with Crippen molar-refractivity contribution in [3.8, 4) is 0 Å². The van der Waals surface area contributed by atoms with E-state index in [4.69, 9.17) is 4.74 Å². The quantitative estimate of drug-likeness (QED) is 0.395. The fourth-order valence-corrected chi connectivity index (χ4v) is 4.08. The van der Waals surface area contributed by atoms with Crippen LogP contribution in [0.2, 0.25) is 0 Å². The van der Waals surface area contributed by atoms with E-state index in [1.54, 1.807) is 0 Å². The van der Waals surface area contributed by atoms with Gasteiger partial charge in [0.15, 0.2) is 0 Å². The summed E-state index contributed by atoms with van der Waals surface area (Å²) in [6, 6.07) is 1.34. The fourth-order valence-electron chi connectivity index (χ4n) is 4.08. The van der Waals surface area contributed by atoms with Crippen LogP contribution in [0.1, 0.15) is 47.2 Å². The van der Waals surface area contributed by atoms with Gasteiger partial charge in [0.2, 0.25) is 0 Å². The van der Waals surface area contributed by atoms with Gasteiger partial charge in [0.25, 0.3) is 0 Å². The Morgan fingerprint density at radius 3 is 1.97 bits per heavy atom. The SMILES string of the molecule is C[C@@H]1C[C@H](NC(=O)OCCc2cc(C(F)(F)F)cc(C(F)(F)F)c2)c2cc(C(F)(F)F)ccc2N1C(=O)O. The summed E-state index contributed by atoms with van der Waals surface area (Å²) in [6.07, 6.45) is -18.2. The molecule has 0 saturated heterocycles. The summed E-state index contributed by atoms with van der Waals surface area (Å²) in [7, 11) is 0. The van der Waals surface area contributed by atoms with E-state index in [9.17, 15) is 54.2 Å². The molecule has 208 valence electrons. The number of nitrogens with one attached hydrogen (secondary N) is 1. The van der Waals surface area contributed by atoms with Crippen molar-refractivity contribution in [3.05, 3.63) is 64.2 Å². The predicted molar refractivity (Wildman–Crippen MR) is 113 cm³/mol. The minimum Gasteiger partial charge on any atom is -0.465 e. The summed E-state index contributed by atoms with van der Waals surface area (Å²) in [5.74, 6) is 0. The van der Waals surface area contributed by atoms with Gasteiger partial charge in [-0.05, 0) is 60.9 Å². The van der Waals surface area contributed by atoms with Crippen molar-refractivity contribution < 1.29 is 58.9 Å². The third-order valence-electron chi connectivity index (χ3n) is 5.78. The molecule has 2 aromatic rings. The molecule has 2 N–H and O–H groups in total. The standard InChI is InChI=1S/C23H19F9N2O4/c1-11-6-17(16-10-13(21(24,25)26)2-3-18(16)34(11)20(36)37)33-19(35)38-5-4-12-7-14(22(27,28)29)9-15(8-12)23(30,31)32/h2-3,7-11,17H,4-6H2,1H3,(H,33,35)(H,36,37)/t11-,17+/m1/s1. The highest BCUT2D eigenvalue weighted by Crippen LogP contribution is 2.41. The number of carbonyl (C=O) groups is 2. The number of ether oxygens (including phenoxy) is 1. The lowest BCUT2D eigenvalue weighted by atomic mass is 9.90. The molecule has 38 heavy (non-hydrogen) atoms. The highest BCUT2D eigenvalue weighted by molar-refractivity contribution is 5.89. The van der Waals surface area contributed by atoms with Crippen LogP contribution in [-0.2, 0) is 29.7 Å². The summed E-state index contributed by atoms with van der Waals surface area (Å²) in [5.41, 5.74) is -4.85. The van der Waals surface area contributed by atoms with Crippen LogP contribution in [0.15, 0.2) is 36.4 Å². The van der Waals surface area contributed by atoms with Crippen molar-refractivity contribution in [1.29, 1.82) is 0 Å². The van der Waals surface area contributed by atoms with Gasteiger partial charge in [0.1, 0.15) is 0 Å². The molecule has 1 aliphatic heterocycles. The molecule has 15 heteroatoms. The molecule has 0 fully saturated rings. The van der Waals surface area contributed by atoms with Gasteiger partial charge in [-0.15, -0.1) is 0 Å². The topological polar surface area (TPSA) is 78.9 Å². The van der Waals surface area contributed by atoms with Gasteiger partial charge in [-0.25, -0.2) is 9.59 Å². The zero-order valence-electron chi connectivity index (χ0n) is 19.3. The van der Waals surface area contributed by atoms with Gasteiger partial charge in [0.05, 0.1) is 35.0 Å². The first-order valence-electron chi connectivity index (χ1n) is 10.8. The van der Waals surface area contributed by atoms with E-state index < -0.39 is 78.1 Å². The Balaban J connectivity index is 1.76. The number of amides is 2. The van der Waals surface area contributed by atoms with E-state index in [-0.39, 0.29) is 23.7 Å². The molecule has 0 aliphatic carbocycles. The molecule has 0 bridgehead atoms. The van der Waals surface area contributed by atoms with Crippen LogP contribution in [0.4, 0.5) is 54.8 Å². The predicted octanol–water partition coefficient (Wildman–Crippen LogP) is 7.03. The lowest BCUT2D eigenvalue weighted by Crippen LogP contribution is -2.46. The zero-order valence-corrected chi connectivity index (χ0v) is 19.3. The summed E-state index contributed by atoms with van der Waals surface area (Å²) >= 11 is 0. The number of alkyl halides is 9. The first-order valence-corrected chi connectivity index (χ1v) is 10.8. The maximum atomic E-state index is 13.2. The Labute approximate surface area is 209 Å². The normalized spacial score (nSPS) is 18.1. The van der Waals surface area contributed by atoms with Gasteiger partial charge in [-0.3, -0.25) is 4.90 Å². The molecule has 6 nitrogen and oxygen atoms in total. The fraction of sp³-hybridized carbons (Fsp3) is 0.391. The van der Waals surface area contributed by atoms with Gasteiger partial charge in [0, 0.05) is 12.5 Å². The Morgan fingerprint density at radius 1 is 0.921 bits per heavy atom. The molecule has 1 aliphatic rings. The first-order chi connectivity index (χ1) is 17.4. The highest BCUT2D eigenvalue weighted by Gasteiger charge is 2.39. The van der Waals surface area contributed by atoms with Gasteiger partial charge in [-0.2, -0.15) is 39.5 Å². The molecule has 0 spiro atoms. The Hall–Kier alpha value is -3.65. The second-order valence-corrected chi connectivity index (χ2v) is 8.51. The van der Waals surface area contributed by atoms with Gasteiger partial charge < -0.3 is 15.2 Å². The number of carboxylic acid groups (broad SMARTS) is 1. The summed E-state index contributed by atoms with van der Waals surface area (Å²) in [5, 5.41) is 11.8. The second kappa shape index (κ2) is 10.3. The van der Waals surface area contributed by atoms with Crippen molar-refractivity contribution in [3.63, 3.8) is 0 Å².